The fourth-order valence-electron chi connectivity index (χ4n) is 3.04. The quantitative estimate of drug-likeness (QED) is 0.433. The van der Waals surface area contributed by atoms with Crippen molar-refractivity contribution in [1.82, 2.24) is 9.55 Å². The molecule has 0 fully saturated rings. The predicted octanol–water partition coefficient (Wildman–Crippen LogP) is 5.63. The molecule has 0 atom stereocenters. The molecule has 0 aliphatic carbocycles. The van der Waals surface area contributed by atoms with Crippen LogP contribution in [0.1, 0.15) is 17.0 Å². The van der Waals surface area contributed by atoms with Crippen molar-refractivity contribution in [2.45, 2.75) is 6.92 Å². The van der Waals surface area contributed by atoms with Crippen LogP contribution < -0.4 is 5.56 Å². The number of rotatable bonds is 3. The third kappa shape index (κ3) is 3.49. The molecule has 0 aliphatic heterocycles. The Hall–Kier alpha value is -2.98. The lowest BCUT2D eigenvalue weighted by atomic mass is 10.1. The molecule has 0 bridgehead atoms. The number of aryl methyl sites for hydroxylation is 1. The van der Waals surface area contributed by atoms with Crippen molar-refractivity contribution in [3.8, 4) is 5.69 Å². The Labute approximate surface area is 165 Å². The molecule has 1 aromatic heterocycles. The third-order valence-electron chi connectivity index (χ3n) is 4.49. The van der Waals surface area contributed by atoms with E-state index in [1.54, 1.807) is 4.57 Å². The Morgan fingerprint density at radius 3 is 2.37 bits per heavy atom. The number of hydrogen-bond donors (Lipinski definition) is 0. The average Bonchev–Trinajstić information content (AvgIpc) is 2.69. The van der Waals surface area contributed by atoms with Crippen LogP contribution in [0.15, 0.2) is 82.1 Å². The minimum atomic E-state index is -0.0765. The first-order valence-electron chi connectivity index (χ1n) is 8.65. The van der Waals surface area contributed by atoms with Crippen LogP contribution in [0.25, 0.3) is 28.7 Å². The van der Waals surface area contributed by atoms with Gasteiger partial charge in [-0.25, -0.2) is 4.98 Å². The number of halogens is 1. The average molecular weight is 417 g/mol. The summed E-state index contributed by atoms with van der Waals surface area (Å²) >= 11 is 3.45. The summed E-state index contributed by atoms with van der Waals surface area (Å²) in [6, 6.07) is 23.2. The number of nitrogens with zero attached hydrogens (tertiary/aromatic N) is 2. The van der Waals surface area contributed by atoms with Crippen LogP contribution in [-0.2, 0) is 0 Å². The highest BCUT2D eigenvalue weighted by atomic mass is 79.9. The van der Waals surface area contributed by atoms with E-state index in [9.17, 15) is 4.79 Å². The number of para-hydroxylation sites is 1. The highest BCUT2D eigenvalue weighted by Crippen LogP contribution is 2.18. The summed E-state index contributed by atoms with van der Waals surface area (Å²) in [5, 5.41) is 0.605. The first kappa shape index (κ1) is 17.4. The largest absolute Gasteiger partial charge is 0.268 e. The minimum absolute atomic E-state index is 0.0765. The molecule has 0 radical (unpaired) electrons. The Bertz CT molecular complexity index is 1210. The maximum atomic E-state index is 13.2. The number of fused-ring (bicyclic) bond motifs is 1. The van der Waals surface area contributed by atoms with Gasteiger partial charge >= 0.3 is 0 Å². The van der Waals surface area contributed by atoms with E-state index in [0.717, 1.165) is 15.7 Å². The zero-order chi connectivity index (χ0) is 18.8. The molecule has 0 N–H and O–H groups in total. The van der Waals surface area contributed by atoms with Crippen molar-refractivity contribution >= 4 is 39.0 Å². The lowest BCUT2D eigenvalue weighted by Gasteiger charge is -2.11. The van der Waals surface area contributed by atoms with Gasteiger partial charge < -0.3 is 0 Å². The van der Waals surface area contributed by atoms with Gasteiger partial charge in [0.1, 0.15) is 5.82 Å². The van der Waals surface area contributed by atoms with E-state index in [4.69, 9.17) is 4.98 Å². The standard InChI is InChI=1S/C23H17BrN2O/c1-16-6-2-3-7-17(16)10-15-22-25-21-9-5-4-8-20(21)23(27)26(22)19-13-11-18(24)12-14-19/h2-15H,1H3. The fourth-order valence-corrected chi connectivity index (χ4v) is 3.30. The van der Waals surface area contributed by atoms with E-state index in [0.29, 0.717) is 16.7 Å². The van der Waals surface area contributed by atoms with Gasteiger partial charge in [0.05, 0.1) is 16.6 Å². The van der Waals surface area contributed by atoms with E-state index < -0.39 is 0 Å². The van der Waals surface area contributed by atoms with E-state index in [-0.39, 0.29) is 5.56 Å². The molecule has 132 valence electrons. The monoisotopic (exact) mass is 416 g/mol. The van der Waals surface area contributed by atoms with Gasteiger partial charge in [-0.1, -0.05) is 58.4 Å². The summed E-state index contributed by atoms with van der Waals surface area (Å²) in [5.41, 5.74) is 3.67. The molecule has 0 saturated heterocycles. The molecule has 0 amide bonds. The fraction of sp³-hybridized carbons (Fsp3) is 0.0435. The highest BCUT2D eigenvalue weighted by molar-refractivity contribution is 9.10. The first-order chi connectivity index (χ1) is 13.1. The summed E-state index contributed by atoms with van der Waals surface area (Å²) in [7, 11) is 0. The van der Waals surface area contributed by atoms with E-state index >= 15 is 0 Å². The zero-order valence-electron chi connectivity index (χ0n) is 14.8. The van der Waals surface area contributed by atoms with Gasteiger partial charge in [-0.15, -0.1) is 0 Å². The van der Waals surface area contributed by atoms with E-state index in [2.05, 4.69) is 35.0 Å². The molecule has 1 heterocycles. The molecule has 4 heteroatoms. The predicted molar refractivity (Wildman–Crippen MR) is 115 cm³/mol. The van der Waals surface area contributed by atoms with Gasteiger partial charge in [0, 0.05) is 4.47 Å². The topological polar surface area (TPSA) is 34.9 Å². The minimum Gasteiger partial charge on any atom is -0.268 e. The zero-order valence-corrected chi connectivity index (χ0v) is 16.3. The molecule has 0 unspecified atom stereocenters. The molecule has 27 heavy (non-hydrogen) atoms. The van der Waals surface area contributed by atoms with E-state index in [1.165, 1.54) is 5.56 Å². The first-order valence-corrected chi connectivity index (χ1v) is 9.44. The van der Waals surface area contributed by atoms with Gasteiger partial charge in [0.2, 0.25) is 0 Å². The SMILES string of the molecule is Cc1ccccc1C=Cc1nc2ccccc2c(=O)n1-c1ccc(Br)cc1. The lowest BCUT2D eigenvalue weighted by Crippen LogP contribution is -2.22. The Kier molecular flexibility index (Phi) is 4.73. The normalized spacial score (nSPS) is 11.3. The number of benzene rings is 3. The van der Waals surface area contributed by atoms with E-state index in [1.807, 2.05) is 72.8 Å². The van der Waals surface area contributed by atoms with Gasteiger partial charge in [0.25, 0.3) is 5.56 Å². The van der Waals surface area contributed by atoms with Crippen LogP contribution in [0, 0.1) is 6.92 Å². The van der Waals surface area contributed by atoms with Crippen LogP contribution in [0.3, 0.4) is 0 Å². The summed E-state index contributed by atoms with van der Waals surface area (Å²) < 4.78 is 2.62. The summed E-state index contributed by atoms with van der Waals surface area (Å²) in [6.07, 6.45) is 3.90. The van der Waals surface area contributed by atoms with Gasteiger partial charge in [0.15, 0.2) is 0 Å². The maximum absolute atomic E-state index is 13.2. The lowest BCUT2D eigenvalue weighted by molar-refractivity contribution is 0.943. The second-order valence-corrected chi connectivity index (χ2v) is 7.21. The van der Waals surface area contributed by atoms with Crippen LogP contribution in [-0.4, -0.2) is 9.55 Å². The smallest absolute Gasteiger partial charge is 0.266 e. The van der Waals surface area contributed by atoms with Gasteiger partial charge in [-0.05, 0) is 60.5 Å². The number of aromatic nitrogens is 2. The third-order valence-corrected chi connectivity index (χ3v) is 5.02. The Morgan fingerprint density at radius 1 is 0.889 bits per heavy atom. The molecule has 0 spiro atoms. The van der Waals surface area contributed by atoms with Crippen molar-refractivity contribution in [2.75, 3.05) is 0 Å². The van der Waals surface area contributed by atoms with Crippen LogP contribution in [0.4, 0.5) is 0 Å². The summed E-state index contributed by atoms with van der Waals surface area (Å²) in [4.78, 5) is 17.9. The molecule has 3 aromatic carbocycles. The van der Waals surface area contributed by atoms with Gasteiger partial charge in [-0.2, -0.15) is 0 Å². The molecular formula is C23H17BrN2O. The molecular weight excluding hydrogens is 400 g/mol. The summed E-state index contributed by atoms with van der Waals surface area (Å²) in [5.74, 6) is 0.601. The second kappa shape index (κ2) is 7.33. The molecule has 4 aromatic rings. The van der Waals surface area contributed by atoms with Crippen LogP contribution >= 0.6 is 15.9 Å². The molecule has 0 saturated carbocycles. The molecule has 0 aliphatic rings. The van der Waals surface area contributed by atoms with Crippen molar-refractivity contribution in [3.05, 3.63) is 105 Å². The van der Waals surface area contributed by atoms with Crippen molar-refractivity contribution in [3.63, 3.8) is 0 Å². The van der Waals surface area contributed by atoms with Crippen molar-refractivity contribution < 1.29 is 0 Å². The Balaban J connectivity index is 1.95. The highest BCUT2D eigenvalue weighted by Gasteiger charge is 2.11. The second-order valence-electron chi connectivity index (χ2n) is 6.29. The van der Waals surface area contributed by atoms with Crippen LogP contribution in [0.2, 0.25) is 0 Å². The summed E-state index contributed by atoms with van der Waals surface area (Å²) in [6.45, 7) is 2.06. The van der Waals surface area contributed by atoms with Crippen molar-refractivity contribution in [2.24, 2.45) is 0 Å². The van der Waals surface area contributed by atoms with Crippen LogP contribution in [0.5, 0.6) is 0 Å². The van der Waals surface area contributed by atoms with Gasteiger partial charge in [-0.3, -0.25) is 9.36 Å². The van der Waals surface area contributed by atoms with Crippen molar-refractivity contribution in [1.29, 1.82) is 0 Å². The molecule has 3 nitrogen and oxygen atoms in total. The number of hydrogen-bond acceptors (Lipinski definition) is 2. The molecule has 4 rings (SSSR count). The Morgan fingerprint density at radius 2 is 1.59 bits per heavy atom. The maximum Gasteiger partial charge on any atom is 0.266 e.